The molecule has 1 unspecified atom stereocenters. The number of hydrogen-bond donors (Lipinski definition) is 0. The van der Waals surface area contributed by atoms with Crippen LogP contribution >= 0.6 is 0 Å². The van der Waals surface area contributed by atoms with Gasteiger partial charge in [0.1, 0.15) is 11.7 Å². The van der Waals surface area contributed by atoms with Crippen LogP contribution in [-0.4, -0.2) is 11.7 Å². The number of benzene rings is 2. The van der Waals surface area contributed by atoms with E-state index in [1.54, 1.807) is 0 Å². The molecule has 3 rings (SSSR count). The Morgan fingerprint density at radius 3 is 1.77 bits per heavy atom. The molecule has 0 fully saturated rings. The van der Waals surface area contributed by atoms with Crippen LogP contribution in [0.25, 0.3) is 0 Å². The third kappa shape index (κ3) is 5.55. The highest BCUT2D eigenvalue weighted by atomic mass is 16.2. The summed E-state index contributed by atoms with van der Waals surface area (Å²) in [6.45, 7) is 2.23. The second kappa shape index (κ2) is 11.7. The van der Waals surface area contributed by atoms with E-state index >= 15 is 0 Å². The Kier molecular flexibility index (Phi) is 8.69. The fraction of sp³-hybridized carbons (Fsp3) is 0.481. The number of hydrogen-bond acceptors (Lipinski definition) is 3. The van der Waals surface area contributed by atoms with Crippen LogP contribution in [0.4, 0.5) is 0 Å². The molecule has 0 N–H and O–H groups in total. The number of carbonyl (C=O) groups is 2. The van der Waals surface area contributed by atoms with Crippen LogP contribution in [0.5, 0.6) is 0 Å². The monoisotopic (exact) mass is 418 g/mol. The number of ketones is 1. The predicted molar refractivity (Wildman–Crippen MR) is 124 cm³/mol. The Labute approximate surface area is 186 Å². The maximum atomic E-state index is 13.3. The molecular weight excluding hydrogens is 384 g/mol. The van der Waals surface area contributed by atoms with Crippen LogP contribution in [0, 0.1) is 5.92 Å². The SMILES string of the molecule is CCCCCCCCCCCC(=O)C1C(=O)N=NC1(c1ccccc1)c1ccccc1. The molecule has 1 aliphatic heterocycles. The number of nitrogens with zero attached hydrogens (tertiary/aromatic N) is 2. The Balaban J connectivity index is 1.66. The highest BCUT2D eigenvalue weighted by molar-refractivity contribution is 6.05. The first-order chi connectivity index (χ1) is 15.2. The molecule has 164 valence electrons. The van der Waals surface area contributed by atoms with Gasteiger partial charge in [-0.2, -0.15) is 5.11 Å². The average Bonchev–Trinajstić information content (AvgIpc) is 3.17. The fourth-order valence-electron chi connectivity index (χ4n) is 4.55. The van der Waals surface area contributed by atoms with Crippen LogP contribution in [-0.2, 0) is 15.1 Å². The smallest absolute Gasteiger partial charge is 0.278 e. The fourth-order valence-corrected chi connectivity index (χ4v) is 4.55. The van der Waals surface area contributed by atoms with E-state index in [1.807, 2.05) is 60.7 Å². The average molecular weight is 419 g/mol. The molecule has 1 amide bonds. The van der Waals surface area contributed by atoms with Crippen molar-refractivity contribution in [2.75, 3.05) is 0 Å². The molecular formula is C27H34N2O2. The van der Waals surface area contributed by atoms with Gasteiger partial charge in [-0.1, -0.05) is 119 Å². The standard InChI is InChI=1S/C27H34N2O2/c1-2-3-4-5-6-7-8-9-16-21-24(30)25-26(31)28-29-27(25,22-17-12-10-13-18-22)23-19-14-11-15-20-23/h10-15,17-20,25H,2-9,16,21H2,1H3. The van der Waals surface area contributed by atoms with Crippen LogP contribution in [0.15, 0.2) is 70.9 Å². The lowest BCUT2D eigenvalue weighted by atomic mass is 9.71. The lowest BCUT2D eigenvalue weighted by Crippen LogP contribution is -2.40. The van der Waals surface area contributed by atoms with Gasteiger partial charge < -0.3 is 0 Å². The number of Topliss-reactive ketones (excluding diaryl/α,β-unsaturated/α-hetero) is 1. The van der Waals surface area contributed by atoms with E-state index in [4.69, 9.17) is 0 Å². The lowest BCUT2D eigenvalue weighted by Gasteiger charge is -2.30. The van der Waals surface area contributed by atoms with Gasteiger partial charge in [0.25, 0.3) is 5.91 Å². The first-order valence-electron chi connectivity index (χ1n) is 11.8. The highest BCUT2D eigenvalue weighted by Gasteiger charge is 2.53. The van der Waals surface area contributed by atoms with Gasteiger partial charge in [0.15, 0.2) is 5.54 Å². The van der Waals surface area contributed by atoms with Crippen molar-refractivity contribution in [3.05, 3.63) is 71.8 Å². The molecule has 0 saturated heterocycles. The molecule has 0 aromatic heterocycles. The van der Waals surface area contributed by atoms with Crippen molar-refractivity contribution in [3.63, 3.8) is 0 Å². The highest BCUT2D eigenvalue weighted by Crippen LogP contribution is 2.46. The minimum absolute atomic E-state index is 0.0503. The summed E-state index contributed by atoms with van der Waals surface area (Å²) in [6.07, 6.45) is 11.1. The molecule has 0 aliphatic carbocycles. The maximum absolute atomic E-state index is 13.3. The van der Waals surface area contributed by atoms with Gasteiger partial charge in [0, 0.05) is 6.42 Å². The van der Waals surface area contributed by atoms with E-state index in [0.717, 1.165) is 30.4 Å². The third-order valence-electron chi connectivity index (χ3n) is 6.25. The second-order valence-electron chi connectivity index (χ2n) is 8.51. The summed E-state index contributed by atoms with van der Waals surface area (Å²) in [5, 5.41) is 8.34. The number of carbonyl (C=O) groups excluding carboxylic acids is 2. The number of amides is 1. The molecule has 1 atom stereocenters. The van der Waals surface area contributed by atoms with Crippen molar-refractivity contribution < 1.29 is 9.59 Å². The molecule has 1 heterocycles. The van der Waals surface area contributed by atoms with Crippen LogP contribution in [0.2, 0.25) is 0 Å². The van der Waals surface area contributed by atoms with Gasteiger partial charge in [-0.3, -0.25) is 9.59 Å². The molecule has 0 saturated carbocycles. The van der Waals surface area contributed by atoms with E-state index in [9.17, 15) is 9.59 Å². The minimum atomic E-state index is -1.06. The van der Waals surface area contributed by atoms with E-state index in [1.165, 1.54) is 38.5 Å². The van der Waals surface area contributed by atoms with Crippen molar-refractivity contribution in [2.24, 2.45) is 16.1 Å². The van der Waals surface area contributed by atoms with E-state index in [2.05, 4.69) is 17.2 Å². The summed E-state index contributed by atoms with van der Waals surface area (Å²) < 4.78 is 0. The van der Waals surface area contributed by atoms with Gasteiger partial charge in [-0.25, -0.2) is 0 Å². The molecule has 0 bridgehead atoms. The molecule has 2 aromatic rings. The summed E-state index contributed by atoms with van der Waals surface area (Å²) in [7, 11) is 0. The number of azo groups is 1. The topological polar surface area (TPSA) is 58.9 Å². The van der Waals surface area contributed by atoms with Crippen LogP contribution < -0.4 is 0 Å². The Morgan fingerprint density at radius 2 is 1.26 bits per heavy atom. The Hall–Kier alpha value is -2.62. The predicted octanol–water partition coefficient (Wildman–Crippen LogP) is 7.03. The minimum Gasteiger partial charge on any atom is -0.299 e. The van der Waals surface area contributed by atoms with Gasteiger partial charge in [0.05, 0.1) is 0 Å². The largest absolute Gasteiger partial charge is 0.299 e. The molecule has 4 nitrogen and oxygen atoms in total. The van der Waals surface area contributed by atoms with Gasteiger partial charge in [-0.15, -0.1) is 5.11 Å². The third-order valence-corrected chi connectivity index (χ3v) is 6.25. The van der Waals surface area contributed by atoms with Crippen molar-refractivity contribution in [2.45, 2.75) is 76.7 Å². The molecule has 1 aliphatic rings. The van der Waals surface area contributed by atoms with Gasteiger partial charge in [0.2, 0.25) is 0 Å². The van der Waals surface area contributed by atoms with Crippen molar-refractivity contribution in [1.82, 2.24) is 0 Å². The summed E-state index contributed by atoms with van der Waals surface area (Å²) in [5.41, 5.74) is 0.609. The van der Waals surface area contributed by atoms with Crippen molar-refractivity contribution in [1.29, 1.82) is 0 Å². The van der Waals surface area contributed by atoms with E-state index in [-0.39, 0.29) is 5.78 Å². The molecule has 4 heteroatoms. The zero-order valence-electron chi connectivity index (χ0n) is 18.6. The molecule has 0 radical (unpaired) electrons. The van der Waals surface area contributed by atoms with Gasteiger partial charge >= 0.3 is 0 Å². The first kappa shape index (κ1) is 23.1. The Morgan fingerprint density at radius 1 is 0.774 bits per heavy atom. The lowest BCUT2D eigenvalue weighted by molar-refractivity contribution is -0.132. The quantitative estimate of drug-likeness (QED) is 0.259. The number of rotatable bonds is 13. The normalized spacial score (nSPS) is 17.2. The van der Waals surface area contributed by atoms with Crippen LogP contribution in [0.3, 0.4) is 0 Å². The molecule has 2 aromatic carbocycles. The van der Waals surface area contributed by atoms with Crippen molar-refractivity contribution >= 4 is 11.7 Å². The second-order valence-corrected chi connectivity index (χ2v) is 8.51. The maximum Gasteiger partial charge on any atom is 0.278 e. The summed E-state index contributed by atoms with van der Waals surface area (Å²) in [4.78, 5) is 26.0. The number of unbranched alkanes of at least 4 members (excludes halogenated alkanes) is 8. The van der Waals surface area contributed by atoms with E-state index < -0.39 is 17.4 Å². The zero-order chi connectivity index (χ0) is 21.9. The molecule has 0 spiro atoms. The van der Waals surface area contributed by atoms with Crippen molar-refractivity contribution in [3.8, 4) is 0 Å². The Bertz CT molecular complexity index is 822. The van der Waals surface area contributed by atoms with E-state index in [0.29, 0.717) is 6.42 Å². The van der Waals surface area contributed by atoms with Gasteiger partial charge in [-0.05, 0) is 17.5 Å². The summed E-state index contributed by atoms with van der Waals surface area (Å²) in [6, 6.07) is 19.3. The zero-order valence-corrected chi connectivity index (χ0v) is 18.6. The first-order valence-corrected chi connectivity index (χ1v) is 11.8. The molecule has 31 heavy (non-hydrogen) atoms. The van der Waals surface area contributed by atoms with Crippen LogP contribution in [0.1, 0.15) is 82.3 Å². The summed E-state index contributed by atoms with van der Waals surface area (Å²) >= 11 is 0. The summed E-state index contributed by atoms with van der Waals surface area (Å²) in [5.74, 6) is -1.36.